The Morgan fingerprint density at radius 3 is 2.81 bits per heavy atom. The van der Waals surface area contributed by atoms with Crippen LogP contribution >= 0.6 is 0 Å². The third kappa shape index (κ3) is 2.25. The van der Waals surface area contributed by atoms with Crippen LogP contribution in [-0.2, 0) is 18.2 Å². The molecular formula is C11H20N4O. The molecule has 0 saturated carbocycles. The molecule has 2 rings (SSSR count). The molecule has 1 aromatic rings. The summed E-state index contributed by atoms with van der Waals surface area (Å²) in [6.07, 6.45) is 0.913. The van der Waals surface area contributed by atoms with Crippen LogP contribution in [0.5, 0.6) is 0 Å². The zero-order chi connectivity index (χ0) is 11.7. The lowest BCUT2D eigenvalue weighted by molar-refractivity contribution is 0.190. The Bertz CT molecular complexity index is 361. The molecule has 0 aromatic carbocycles. The molecule has 1 aliphatic heterocycles. The van der Waals surface area contributed by atoms with E-state index in [1.165, 1.54) is 0 Å². The third-order valence-corrected chi connectivity index (χ3v) is 2.89. The third-order valence-electron chi connectivity index (χ3n) is 2.89. The van der Waals surface area contributed by atoms with Crippen molar-refractivity contribution in [1.29, 1.82) is 0 Å². The largest absolute Gasteiger partial charge is 0.379 e. The molecule has 0 bridgehead atoms. The molecule has 5 nitrogen and oxygen atoms in total. The molecule has 0 aliphatic carbocycles. The first-order valence-electron chi connectivity index (χ1n) is 5.81. The number of rotatable bonds is 3. The lowest BCUT2D eigenvalue weighted by atomic mass is 10.0. The summed E-state index contributed by atoms with van der Waals surface area (Å²) in [6.45, 7) is 5.62. The first-order chi connectivity index (χ1) is 7.58. The van der Waals surface area contributed by atoms with Crippen LogP contribution in [0.15, 0.2) is 0 Å². The van der Waals surface area contributed by atoms with Crippen molar-refractivity contribution in [3.63, 3.8) is 0 Å². The maximum absolute atomic E-state index is 5.98. The number of nitrogens with two attached hydrogens (primary N) is 1. The van der Waals surface area contributed by atoms with Crippen molar-refractivity contribution in [3.05, 3.63) is 11.6 Å². The van der Waals surface area contributed by atoms with E-state index in [9.17, 15) is 0 Å². The Morgan fingerprint density at radius 2 is 2.25 bits per heavy atom. The summed E-state index contributed by atoms with van der Waals surface area (Å²) >= 11 is 0. The summed E-state index contributed by atoms with van der Waals surface area (Å²) < 4.78 is 7.21. The smallest absolute Gasteiger partial charge is 0.151 e. The molecule has 0 radical (unpaired) electrons. The fraction of sp³-hybridized carbons (Fsp3) is 0.818. The number of ether oxygens (including phenoxy) is 1. The molecule has 2 unspecified atom stereocenters. The van der Waals surface area contributed by atoms with E-state index in [0.29, 0.717) is 19.1 Å². The summed E-state index contributed by atoms with van der Waals surface area (Å²) in [7, 11) is 1.93. The van der Waals surface area contributed by atoms with Crippen LogP contribution in [0.1, 0.15) is 31.4 Å². The summed E-state index contributed by atoms with van der Waals surface area (Å²) in [5, 5.41) is 4.42. The molecule has 0 amide bonds. The van der Waals surface area contributed by atoms with Gasteiger partial charge in [0.05, 0.1) is 19.1 Å². The van der Waals surface area contributed by atoms with E-state index in [1.807, 2.05) is 11.7 Å². The average Bonchev–Trinajstić information content (AvgIpc) is 2.71. The minimum absolute atomic E-state index is 0.0507. The lowest BCUT2D eigenvalue weighted by Gasteiger charge is -2.10. The fourth-order valence-corrected chi connectivity index (χ4v) is 2.06. The topological polar surface area (TPSA) is 66.0 Å². The zero-order valence-corrected chi connectivity index (χ0v) is 10.2. The second-order valence-corrected chi connectivity index (χ2v) is 4.92. The summed E-state index contributed by atoms with van der Waals surface area (Å²) in [5.74, 6) is 2.63. The van der Waals surface area contributed by atoms with Gasteiger partial charge in [-0.15, -0.1) is 0 Å². The molecule has 2 atom stereocenters. The van der Waals surface area contributed by atoms with Crippen LogP contribution in [0.4, 0.5) is 0 Å². The second kappa shape index (κ2) is 4.51. The number of aromatic nitrogens is 3. The highest BCUT2D eigenvalue weighted by Gasteiger charge is 2.30. The van der Waals surface area contributed by atoms with Crippen LogP contribution < -0.4 is 5.73 Å². The molecule has 1 aliphatic rings. The Balaban J connectivity index is 2.17. The highest BCUT2D eigenvalue weighted by atomic mass is 16.5. The van der Waals surface area contributed by atoms with Gasteiger partial charge < -0.3 is 10.5 Å². The fourth-order valence-electron chi connectivity index (χ4n) is 2.06. The molecular weight excluding hydrogens is 204 g/mol. The molecule has 1 fully saturated rings. The van der Waals surface area contributed by atoms with Crippen molar-refractivity contribution < 1.29 is 4.74 Å². The van der Waals surface area contributed by atoms with E-state index >= 15 is 0 Å². The SMILES string of the molecule is CC(C)Cc1nc(C2COCC2N)n(C)n1. The van der Waals surface area contributed by atoms with Gasteiger partial charge in [-0.3, -0.25) is 4.68 Å². The normalized spacial score (nSPS) is 25.6. The van der Waals surface area contributed by atoms with E-state index in [4.69, 9.17) is 10.5 Å². The van der Waals surface area contributed by atoms with Crippen LogP contribution in [0.2, 0.25) is 0 Å². The van der Waals surface area contributed by atoms with E-state index < -0.39 is 0 Å². The van der Waals surface area contributed by atoms with Crippen LogP contribution in [0.25, 0.3) is 0 Å². The molecule has 16 heavy (non-hydrogen) atoms. The van der Waals surface area contributed by atoms with E-state index in [0.717, 1.165) is 18.1 Å². The summed E-state index contributed by atoms with van der Waals surface area (Å²) in [4.78, 5) is 4.57. The number of hydrogen-bond acceptors (Lipinski definition) is 4. The van der Waals surface area contributed by atoms with Gasteiger partial charge in [-0.25, -0.2) is 4.98 Å². The van der Waals surface area contributed by atoms with Gasteiger partial charge in [-0.05, 0) is 5.92 Å². The molecule has 1 aromatic heterocycles. The molecule has 1 saturated heterocycles. The molecule has 2 N–H and O–H groups in total. The van der Waals surface area contributed by atoms with Gasteiger partial charge in [0, 0.05) is 19.5 Å². The molecule has 5 heteroatoms. The van der Waals surface area contributed by atoms with Crippen LogP contribution in [0, 0.1) is 5.92 Å². The van der Waals surface area contributed by atoms with E-state index in [-0.39, 0.29) is 12.0 Å². The van der Waals surface area contributed by atoms with Crippen molar-refractivity contribution in [2.45, 2.75) is 32.2 Å². The van der Waals surface area contributed by atoms with Gasteiger partial charge in [0.2, 0.25) is 0 Å². The van der Waals surface area contributed by atoms with E-state index in [2.05, 4.69) is 23.9 Å². The average molecular weight is 224 g/mol. The van der Waals surface area contributed by atoms with Crippen LogP contribution in [-0.4, -0.2) is 34.0 Å². The van der Waals surface area contributed by atoms with Gasteiger partial charge in [-0.1, -0.05) is 13.8 Å². The molecule has 0 spiro atoms. The minimum Gasteiger partial charge on any atom is -0.379 e. The maximum atomic E-state index is 5.98. The quantitative estimate of drug-likeness (QED) is 0.809. The highest BCUT2D eigenvalue weighted by molar-refractivity contribution is 5.06. The Morgan fingerprint density at radius 1 is 1.50 bits per heavy atom. The summed E-state index contributed by atoms with van der Waals surface area (Å²) in [6, 6.07) is 0.0507. The standard InChI is InChI=1S/C11H20N4O/c1-7(2)4-10-13-11(15(3)14-10)8-5-16-6-9(8)12/h7-9H,4-6,12H2,1-3H3. The first kappa shape index (κ1) is 11.5. The predicted molar refractivity (Wildman–Crippen MR) is 61.1 cm³/mol. The molecule has 2 heterocycles. The van der Waals surface area contributed by atoms with Crippen molar-refractivity contribution in [1.82, 2.24) is 14.8 Å². The second-order valence-electron chi connectivity index (χ2n) is 4.92. The Kier molecular flexibility index (Phi) is 3.25. The van der Waals surface area contributed by atoms with Crippen molar-refractivity contribution in [2.75, 3.05) is 13.2 Å². The van der Waals surface area contributed by atoms with Gasteiger partial charge in [0.1, 0.15) is 5.82 Å². The predicted octanol–water partition coefficient (Wildman–Crippen LogP) is 0.455. The zero-order valence-electron chi connectivity index (χ0n) is 10.2. The minimum atomic E-state index is 0.0507. The monoisotopic (exact) mass is 224 g/mol. The Hall–Kier alpha value is -0.940. The number of aryl methyl sites for hydroxylation is 1. The Labute approximate surface area is 96.0 Å². The van der Waals surface area contributed by atoms with Gasteiger partial charge >= 0.3 is 0 Å². The highest BCUT2D eigenvalue weighted by Crippen LogP contribution is 2.22. The number of nitrogens with zero attached hydrogens (tertiary/aromatic N) is 3. The van der Waals surface area contributed by atoms with Crippen molar-refractivity contribution >= 4 is 0 Å². The van der Waals surface area contributed by atoms with Crippen molar-refractivity contribution in [3.8, 4) is 0 Å². The lowest BCUT2D eigenvalue weighted by Crippen LogP contribution is -2.28. The van der Waals surface area contributed by atoms with E-state index in [1.54, 1.807) is 0 Å². The van der Waals surface area contributed by atoms with Gasteiger partial charge in [0.25, 0.3) is 0 Å². The van der Waals surface area contributed by atoms with Gasteiger partial charge in [0.15, 0.2) is 5.82 Å². The van der Waals surface area contributed by atoms with Gasteiger partial charge in [-0.2, -0.15) is 5.10 Å². The maximum Gasteiger partial charge on any atom is 0.151 e. The molecule has 90 valence electrons. The first-order valence-corrected chi connectivity index (χ1v) is 5.81. The summed E-state index contributed by atoms with van der Waals surface area (Å²) in [5.41, 5.74) is 5.98. The number of hydrogen-bond donors (Lipinski definition) is 1. The van der Waals surface area contributed by atoms with Crippen LogP contribution in [0.3, 0.4) is 0 Å². The van der Waals surface area contributed by atoms with Crippen molar-refractivity contribution in [2.24, 2.45) is 18.7 Å².